The molecule has 0 saturated carbocycles. The van der Waals surface area contributed by atoms with Crippen LogP contribution in [0, 0.1) is 0 Å². The van der Waals surface area contributed by atoms with Gasteiger partial charge in [-0.1, -0.05) is 13.3 Å². The molecule has 0 aromatic rings. The second-order valence-corrected chi connectivity index (χ2v) is 4.98. The van der Waals surface area contributed by atoms with Crippen LogP contribution in [0.25, 0.3) is 0 Å². The van der Waals surface area contributed by atoms with Crippen LogP contribution in [0.4, 0.5) is 4.79 Å². The zero-order valence-corrected chi connectivity index (χ0v) is 11.5. The minimum atomic E-state index is -0.865. The Hall–Kier alpha value is -1.63. The van der Waals surface area contributed by atoms with Crippen LogP contribution < -0.4 is 16.4 Å². The van der Waals surface area contributed by atoms with E-state index in [0.29, 0.717) is 25.9 Å². The van der Waals surface area contributed by atoms with Crippen LogP contribution in [0.15, 0.2) is 0 Å². The van der Waals surface area contributed by atoms with Gasteiger partial charge in [0.1, 0.15) is 0 Å². The molecule has 1 aliphatic heterocycles. The van der Waals surface area contributed by atoms with Gasteiger partial charge in [0.2, 0.25) is 11.8 Å². The number of nitrogens with one attached hydrogen (secondary N) is 2. The highest BCUT2D eigenvalue weighted by Gasteiger charge is 2.28. The maximum Gasteiger partial charge on any atom is 0.324 e. The maximum absolute atomic E-state index is 11.8. The SMILES string of the molecule is CCCC(C)(N)C(=O)NCCCN1C(=O)CNC1=O. The normalized spacial score (nSPS) is 18.2. The van der Waals surface area contributed by atoms with Gasteiger partial charge in [-0.05, 0) is 19.8 Å². The summed E-state index contributed by atoms with van der Waals surface area (Å²) in [4.78, 5) is 35.5. The second kappa shape index (κ2) is 6.51. The molecule has 0 aromatic heterocycles. The summed E-state index contributed by atoms with van der Waals surface area (Å²) in [6, 6.07) is -0.369. The molecule has 1 fully saturated rings. The fraction of sp³-hybridized carbons (Fsp3) is 0.750. The summed E-state index contributed by atoms with van der Waals surface area (Å²) in [5.41, 5.74) is 5.01. The maximum atomic E-state index is 11.8. The molecule has 1 heterocycles. The number of hydrogen-bond acceptors (Lipinski definition) is 4. The van der Waals surface area contributed by atoms with Crippen molar-refractivity contribution in [3.63, 3.8) is 0 Å². The van der Waals surface area contributed by atoms with Gasteiger partial charge in [-0.15, -0.1) is 0 Å². The Bertz CT molecular complexity index is 352. The molecule has 1 atom stereocenters. The molecule has 7 nitrogen and oxygen atoms in total. The lowest BCUT2D eigenvalue weighted by Gasteiger charge is -2.23. The van der Waals surface area contributed by atoms with E-state index >= 15 is 0 Å². The van der Waals surface area contributed by atoms with Crippen LogP contribution in [-0.4, -0.2) is 47.9 Å². The fourth-order valence-electron chi connectivity index (χ4n) is 1.96. The van der Waals surface area contributed by atoms with Crippen molar-refractivity contribution in [1.82, 2.24) is 15.5 Å². The lowest BCUT2D eigenvalue weighted by molar-refractivity contribution is -0.126. The molecular formula is C12H22N4O3. The van der Waals surface area contributed by atoms with Crippen LogP contribution >= 0.6 is 0 Å². The van der Waals surface area contributed by atoms with Gasteiger partial charge in [-0.2, -0.15) is 0 Å². The highest BCUT2D eigenvalue weighted by Crippen LogP contribution is 2.08. The average molecular weight is 270 g/mol. The van der Waals surface area contributed by atoms with E-state index in [9.17, 15) is 14.4 Å². The molecule has 1 unspecified atom stereocenters. The third-order valence-electron chi connectivity index (χ3n) is 3.07. The van der Waals surface area contributed by atoms with Gasteiger partial charge in [0.05, 0.1) is 12.1 Å². The summed E-state index contributed by atoms with van der Waals surface area (Å²) in [6.45, 7) is 4.42. The van der Waals surface area contributed by atoms with Gasteiger partial charge >= 0.3 is 6.03 Å². The molecule has 0 aromatic carbocycles. The summed E-state index contributed by atoms with van der Waals surface area (Å²) in [6.07, 6.45) is 1.97. The second-order valence-electron chi connectivity index (χ2n) is 4.98. The Kier molecular flexibility index (Phi) is 5.29. The van der Waals surface area contributed by atoms with Crippen molar-refractivity contribution in [3.05, 3.63) is 0 Å². The first-order valence-corrected chi connectivity index (χ1v) is 6.54. The zero-order chi connectivity index (χ0) is 14.5. The van der Waals surface area contributed by atoms with Gasteiger partial charge in [-0.25, -0.2) is 4.79 Å². The van der Waals surface area contributed by atoms with Crippen LogP contribution in [-0.2, 0) is 9.59 Å². The van der Waals surface area contributed by atoms with E-state index < -0.39 is 5.54 Å². The topological polar surface area (TPSA) is 105 Å². The van der Waals surface area contributed by atoms with Crippen LogP contribution in [0.5, 0.6) is 0 Å². The lowest BCUT2D eigenvalue weighted by atomic mass is 9.96. The van der Waals surface area contributed by atoms with Crippen LogP contribution in [0.2, 0.25) is 0 Å². The highest BCUT2D eigenvalue weighted by molar-refractivity contribution is 6.01. The summed E-state index contributed by atoms with van der Waals surface area (Å²) in [5, 5.41) is 5.17. The van der Waals surface area contributed by atoms with E-state index in [1.165, 1.54) is 0 Å². The molecule has 1 rings (SSSR count). The Morgan fingerprint density at radius 3 is 2.74 bits per heavy atom. The molecule has 4 N–H and O–H groups in total. The number of carbonyl (C=O) groups is 3. The minimum absolute atomic E-state index is 0.0581. The standard InChI is InChI=1S/C12H22N4O3/c1-3-5-12(2,13)10(18)14-6-4-7-16-9(17)8-15-11(16)19/h3-8,13H2,1-2H3,(H,14,18)(H,15,19). The van der Waals surface area contributed by atoms with E-state index in [0.717, 1.165) is 11.3 Å². The summed E-state index contributed by atoms with van der Waals surface area (Å²) in [7, 11) is 0. The van der Waals surface area contributed by atoms with Gasteiger partial charge in [0.25, 0.3) is 0 Å². The third kappa shape index (κ3) is 4.20. The van der Waals surface area contributed by atoms with E-state index in [-0.39, 0.29) is 24.4 Å². The number of nitrogens with two attached hydrogens (primary N) is 1. The molecular weight excluding hydrogens is 248 g/mol. The molecule has 7 heteroatoms. The Balaban J connectivity index is 2.26. The molecule has 0 spiro atoms. The average Bonchev–Trinajstić information content (AvgIpc) is 2.65. The summed E-state index contributed by atoms with van der Waals surface area (Å²) < 4.78 is 0. The quantitative estimate of drug-likeness (QED) is 0.431. The first kappa shape index (κ1) is 15.4. The predicted molar refractivity (Wildman–Crippen MR) is 70.2 cm³/mol. The zero-order valence-electron chi connectivity index (χ0n) is 11.5. The first-order chi connectivity index (χ1) is 8.88. The van der Waals surface area contributed by atoms with Gasteiger partial charge < -0.3 is 16.4 Å². The number of amides is 4. The van der Waals surface area contributed by atoms with E-state index in [1.807, 2.05) is 6.92 Å². The lowest BCUT2D eigenvalue weighted by Crippen LogP contribution is -2.51. The molecule has 0 aliphatic carbocycles. The van der Waals surface area contributed by atoms with E-state index in [2.05, 4.69) is 10.6 Å². The van der Waals surface area contributed by atoms with Crippen molar-refractivity contribution in [2.45, 2.75) is 38.6 Å². The highest BCUT2D eigenvalue weighted by atomic mass is 16.2. The van der Waals surface area contributed by atoms with Crippen molar-refractivity contribution >= 4 is 17.8 Å². The molecule has 0 bridgehead atoms. The van der Waals surface area contributed by atoms with Crippen molar-refractivity contribution in [1.29, 1.82) is 0 Å². The van der Waals surface area contributed by atoms with Crippen molar-refractivity contribution in [3.8, 4) is 0 Å². The Morgan fingerprint density at radius 1 is 1.53 bits per heavy atom. The molecule has 1 saturated heterocycles. The molecule has 1 aliphatic rings. The predicted octanol–water partition coefficient (Wildman–Crippen LogP) is -0.438. The largest absolute Gasteiger partial charge is 0.354 e. The number of carbonyl (C=O) groups excluding carboxylic acids is 3. The van der Waals surface area contributed by atoms with Crippen molar-refractivity contribution in [2.75, 3.05) is 19.6 Å². The number of urea groups is 1. The number of hydrogen-bond donors (Lipinski definition) is 3. The van der Waals surface area contributed by atoms with E-state index in [4.69, 9.17) is 5.73 Å². The van der Waals surface area contributed by atoms with Crippen molar-refractivity contribution < 1.29 is 14.4 Å². The molecule has 0 radical (unpaired) electrons. The minimum Gasteiger partial charge on any atom is -0.354 e. The number of rotatable bonds is 7. The van der Waals surface area contributed by atoms with Crippen LogP contribution in [0.1, 0.15) is 33.1 Å². The first-order valence-electron chi connectivity index (χ1n) is 6.54. The van der Waals surface area contributed by atoms with Gasteiger partial charge in [0.15, 0.2) is 0 Å². The fourth-order valence-corrected chi connectivity index (χ4v) is 1.96. The van der Waals surface area contributed by atoms with Crippen LogP contribution in [0.3, 0.4) is 0 Å². The molecule has 4 amide bonds. The van der Waals surface area contributed by atoms with Gasteiger partial charge in [-0.3, -0.25) is 14.5 Å². The number of nitrogens with zero attached hydrogens (tertiary/aromatic N) is 1. The number of imide groups is 1. The smallest absolute Gasteiger partial charge is 0.324 e. The van der Waals surface area contributed by atoms with E-state index in [1.54, 1.807) is 6.92 Å². The van der Waals surface area contributed by atoms with Gasteiger partial charge in [0, 0.05) is 13.1 Å². The summed E-state index contributed by atoms with van der Waals surface area (Å²) >= 11 is 0. The van der Waals surface area contributed by atoms with Crippen molar-refractivity contribution in [2.24, 2.45) is 5.73 Å². The molecule has 19 heavy (non-hydrogen) atoms. The Labute approximate surface area is 112 Å². The Morgan fingerprint density at radius 2 is 2.21 bits per heavy atom. The summed E-state index contributed by atoms with van der Waals surface area (Å²) in [5.74, 6) is -0.433. The molecule has 108 valence electrons. The monoisotopic (exact) mass is 270 g/mol. The third-order valence-corrected chi connectivity index (χ3v) is 3.07.